The molecule has 2 aromatic heterocycles. The Kier molecular flexibility index (Phi) is 5.43. The van der Waals surface area contributed by atoms with Crippen LogP contribution in [0.4, 0.5) is 0 Å². The largest absolute Gasteiger partial charge is 0.347 e. The minimum Gasteiger partial charge on any atom is -0.347 e. The maximum Gasteiger partial charge on any atom is 0.242 e. The number of nitrogens with one attached hydrogen (secondary N) is 2. The standard InChI is InChI=1S/C19H24N8O/c20-15(8-13-4-2-1-3-5-13)19-24-16(9-14-6-7-14)26-27(19)11-18(28)21-10-17-22-12-23-25-17/h1-5,12,14-15H,6-11,20H2,(H,21,28)(H,22,23,25)/t15-/m1/s1. The predicted molar refractivity (Wildman–Crippen MR) is 102 cm³/mol. The zero-order valence-corrected chi connectivity index (χ0v) is 15.6. The number of hydrogen-bond acceptors (Lipinski definition) is 6. The number of amides is 1. The summed E-state index contributed by atoms with van der Waals surface area (Å²) in [5, 5.41) is 13.9. The van der Waals surface area contributed by atoms with Gasteiger partial charge in [0, 0.05) is 6.42 Å². The lowest BCUT2D eigenvalue weighted by molar-refractivity contribution is -0.122. The molecule has 9 heteroatoms. The van der Waals surface area contributed by atoms with Crippen LogP contribution in [0.25, 0.3) is 0 Å². The molecule has 0 spiro atoms. The maximum absolute atomic E-state index is 12.4. The summed E-state index contributed by atoms with van der Waals surface area (Å²) in [5.41, 5.74) is 7.56. The Morgan fingerprint density at radius 3 is 2.86 bits per heavy atom. The van der Waals surface area contributed by atoms with Crippen LogP contribution in [-0.4, -0.2) is 35.9 Å². The summed E-state index contributed by atoms with van der Waals surface area (Å²) in [6.45, 7) is 0.359. The highest BCUT2D eigenvalue weighted by Gasteiger charge is 2.26. The number of benzene rings is 1. The Morgan fingerprint density at radius 2 is 2.14 bits per heavy atom. The van der Waals surface area contributed by atoms with Crippen molar-refractivity contribution in [1.29, 1.82) is 0 Å². The van der Waals surface area contributed by atoms with Gasteiger partial charge in [0.2, 0.25) is 5.91 Å². The van der Waals surface area contributed by atoms with Gasteiger partial charge in [-0.3, -0.25) is 9.89 Å². The summed E-state index contributed by atoms with van der Waals surface area (Å²) < 4.78 is 1.64. The van der Waals surface area contributed by atoms with E-state index >= 15 is 0 Å². The fourth-order valence-corrected chi connectivity index (χ4v) is 3.11. The third-order valence-corrected chi connectivity index (χ3v) is 4.75. The van der Waals surface area contributed by atoms with Gasteiger partial charge in [0.1, 0.15) is 24.5 Å². The monoisotopic (exact) mass is 380 g/mol. The van der Waals surface area contributed by atoms with Crippen molar-refractivity contribution >= 4 is 5.91 Å². The van der Waals surface area contributed by atoms with Gasteiger partial charge in [-0.15, -0.1) is 0 Å². The molecule has 1 fully saturated rings. The van der Waals surface area contributed by atoms with Crippen molar-refractivity contribution in [3.05, 3.63) is 59.7 Å². The molecule has 2 heterocycles. The van der Waals surface area contributed by atoms with Gasteiger partial charge in [0.25, 0.3) is 0 Å². The molecule has 0 radical (unpaired) electrons. The second-order valence-electron chi connectivity index (χ2n) is 7.20. The number of hydrogen-bond donors (Lipinski definition) is 3. The van der Waals surface area contributed by atoms with E-state index in [1.807, 2.05) is 30.3 Å². The van der Waals surface area contributed by atoms with Gasteiger partial charge >= 0.3 is 0 Å². The van der Waals surface area contributed by atoms with Crippen LogP contribution in [-0.2, 0) is 30.7 Å². The molecular weight excluding hydrogens is 356 g/mol. The zero-order valence-electron chi connectivity index (χ0n) is 15.6. The first-order valence-corrected chi connectivity index (χ1v) is 9.51. The van der Waals surface area contributed by atoms with E-state index in [1.165, 1.54) is 19.2 Å². The quantitative estimate of drug-likeness (QED) is 0.506. The van der Waals surface area contributed by atoms with Gasteiger partial charge in [0.15, 0.2) is 5.82 Å². The highest BCUT2D eigenvalue weighted by molar-refractivity contribution is 5.75. The van der Waals surface area contributed by atoms with Crippen molar-refractivity contribution in [3.8, 4) is 0 Å². The molecule has 146 valence electrons. The van der Waals surface area contributed by atoms with Crippen molar-refractivity contribution in [3.63, 3.8) is 0 Å². The predicted octanol–water partition coefficient (Wildman–Crippen LogP) is 0.908. The molecule has 1 aromatic carbocycles. The molecule has 1 aliphatic rings. The smallest absolute Gasteiger partial charge is 0.242 e. The summed E-state index contributed by atoms with van der Waals surface area (Å²) in [6, 6.07) is 9.70. The van der Waals surface area contributed by atoms with Crippen LogP contribution in [0.1, 0.15) is 41.9 Å². The van der Waals surface area contributed by atoms with E-state index < -0.39 is 0 Å². The maximum atomic E-state index is 12.4. The molecule has 4 rings (SSSR count). The number of carbonyl (C=O) groups excluding carboxylic acids is 1. The Hall–Kier alpha value is -3.07. The van der Waals surface area contributed by atoms with Crippen LogP contribution in [0.3, 0.4) is 0 Å². The van der Waals surface area contributed by atoms with Crippen LogP contribution in [0.15, 0.2) is 36.7 Å². The lowest BCUT2D eigenvalue weighted by atomic mass is 10.1. The zero-order chi connectivity index (χ0) is 19.3. The SMILES string of the molecule is N[C@H](Cc1ccccc1)c1nc(CC2CC2)nn1CC(=O)NCc1ncn[nH]1. The summed E-state index contributed by atoms with van der Waals surface area (Å²) >= 11 is 0. The molecule has 0 saturated heterocycles. The highest BCUT2D eigenvalue weighted by Crippen LogP contribution is 2.32. The van der Waals surface area contributed by atoms with E-state index in [2.05, 4.69) is 30.6 Å². The summed E-state index contributed by atoms with van der Waals surface area (Å²) in [6.07, 6.45) is 5.33. The third-order valence-electron chi connectivity index (χ3n) is 4.75. The fraction of sp³-hybridized carbons (Fsp3) is 0.421. The van der Waals surface area contributed by atoms with Gasteiger partial charge in [-0.05, 0) is 30.7 Å². The average molecular weight is 380 g/mol. The van der Waals surface area contributed by atoms with Crippen molar-refractivity contribution in [2.24, 2.45) is 11.7 Å². The van der Waals surface area contributed by atoms with Crippen LogP contribution in [0.5, 0.6) is 0 Å². The van der Waals surface area contributed by atoms with E-state index in [4.69, 9.17) is 5.73 Å². The number of carbonyl (C=O) groups is 1. The topological polar surface area (TPSA) is 127 Å². The summed E-state index contributed by atoms with van der Waals surface area (Å²) in [7, 11) is 0. The first-order valence-electron chi connectivity index (χ1n) is 9.51. The van der Waals surface area contributed by atoms with E-state index in [-0.39, 0.29) is 25.0 Å². The Labute approximate surface area is 162 Å². The third kappa shape index (κ3) is 4.80. The molecule has 0 bridgehead atoms. The van der Waals surface area contributed by atoms with Gasteiger partial charge in [-0.1, -0.05) is 30.3 Å². The molecule has 1 aliphatic carbocycles. The van der Waals surface area contributed by atoms with E-state index in [9.17, 15) is 4.79 Å². The minimum absolute atomic E-state index is 0.0730. The van der Waals surface area contributed by atoms with Gasteiger partial charge in [-0.2, -0.15) is 10.2 Å². The molecule has 28 heavy (non-hydrogen) atoms. The van der Waals surface area contributed by atoms with Crippen LogP contribution in [0, 0.1) is 5.92 Å². The second-order valence-corrected chi connectivity index (χ2v) is 7.20. The fourth-order valence-electron chi connectivity index (χ4n) is 3.11. The second kappa shape index (κ2) is 8.30. The molecule has 9 nitrogen and oxygen atoms in total. The summed E-state index contributed by atoms with van der Waals surface area (Å²) in [5.74, 6) is 2.50. The number of aromatic nitrogens is 6. The first kappa shape index (κ1) is 18.3. The Morgan fingerprint density at radius 1 is 1.32 bits per heavy atom. The Balaban J connectivity index is 1.45. The normalized spacial score (nSPS) is 14.8. The van der Waals surface area contributed by atoms with Crippen LogP contribution >= 0.6 is 0 Å². The molecule has 1 atom stereocenters. The lowest BCUT2D eigenvalue weighted by Crippen LogP contribution is -2.30. The van der Waals surface area contributed by atoms with Crippen LogP contribution < -0.4 is 11.1 Å². The van der Waals surface area contributed by atoms with E-state index in [1.54, 1.807) is 4.68 Å². The summed E-state index contributed by atoms with van der Waals surface area (Å²) in [4.78, 5) is 21.0. The average Bonchev–Trinajstić information content (AvgIpc) is 3.18. The number of nitrogens with two attached hydrogens (primary N) is 1. The first-order chi connectivity index (χ1) is 13.7. The number of aromatic amines is 1. The molecule has 0 unspecified atom stereocenters. The molecule has 4 N–H and O–H groups in total. The molecule has 1 saturated carbocycles. The minimum atomic E-state index is -0.329. The van der Waals surface area contributed by atoms with Crippen LogP contribution in [0.2, 0.25) is 0 Å². The number of H-pyrrole nitrogens is 1. The molecule has 1 amide bonds. The Bertz CT molecular complexity index is 901. The van der Waals surface area contributed by atoms with Gasteiger partial charge in [0.05, 0.1) is 12.6 Å². The van der Waals surface area contributed by atoms with Gasteiger partial charge < -0.3 is 11.1 Å². The molecule has 0 aliphatic heterocycles. The number of rotatable bonds is 9. The van der Waals surface area contributed by atoms with Crippen molar-refractivity contribution in [2.45, 2.75) is 44.8 Å². The van der Waals surface area contributed by atoms with E-state index in [0.29, 0.717) is 24.0 Å². The van der Waals surface area contributed by atoms with Gasteiger partial charge in [-0.25, -0.2) is 14.6 Å². The number of nitrogens with zero attached hydrogens (tertiary/aromatic N) is 5. The lowest BCUT2D eigenvalue weighted by Gasteiger charge is -2.13. The van der Waals surface area contributed by atoms with Crippen molar-refractivity contribution < 1.29 is 4.79 Å². The molecule has 3 aromatic rings. The van der Waals surface area contributed by atoms with Crippen molar-refractivity contribution in [2.75, 3.05) is 0 Å². The van der Waals surface area contributed by atoms with Crippen molar-refractivity contribution in [1.82, 2.24) is 35.3 Å². The van der Waals surface area contributed by atoms with E-state index in [0.717, 1.165) is 17.8 Å². The molecular formula is C19H24N8O. The highest BCUT2D eigenvalue weighted by atomic mass is 16.2.